The van der Waals surface area contributed by atoms with Crippen LogP contribution >= 0.6 is 28.1 Å². The number of hydrogen-bond acceptors (Lipinski definition) is 4. The molecule has 122 valence electrons. The minimum absolute atomic E-state index is 0.0235. The molecule has 0 radical (unpaired) electrons. The smallest absolute Gasteiger partial charge is 0.251 e. The second-order valence-electron chi connectivity index (χ2n) is 5.02. The van der Waals surface area contributed by atoms with Crippen LogP contribution in [0.15, 0.2) is 44.8 Å². The van der Waals surface area contributed by atoms with Crippen molar-refractivity contribution in [3.8, 4) is 0 Å². The van der Waals surface area contributed by atoms with Gasteiger partial charge in [-0.2, -0.15) is 5.10 Å². The average molecular weight is 406 g/mol. The van der Waals surface area contributed by atoms with Crippen molar-refractivity contribution in [2.75, 3.05) is 0 Å². The molecule has 3 aromatic rings. The molecule has 0 atom stereocenters. The highest BCUT2D eigenvalue weighted by Crippen LogP contribution is 2.21. The second kappa shape index (κ2) is 6.93. The number of carbonyl (C=O) groups is 1. The zero-order valence-corrected chi connectivity index (χ0v) is 14.6. The number of hydrazone groups is 1. The third-order valence-electron chi connectivity index (χ3n) is 3.24. The summed E-state index contributed by atoms with van der Waals surface area (Å²) in [5.74, 6) is -0.358. The van der Waals surface area contributed by atoms with E-state index in [2.05, 4.69) is 41.4 Å². The van der Waals surface area contributed by atoms with E-state index in [4.69, 9.17) is 12.2 Å². The van der Waals surface area contributed by atoms with Crippen LogP contribution in [0.5, 0.6) is 0 Å². The first-order chi connectivity index (χ1) is 11.5. The van der Waals surface area contributed by atoms with Crippen LogP contribution in [-0.4, -0.2) is 27.1 Å². The largest absolute Gasteiger partial charge is 0.361 e. The van der Waals surface area contributed by atoms with Crippen molar-refractivity contribution in [3.05, 3.63) is 61.3 Å². The first-order valence-corrected chi connectivity index (χ1v) is 8.12. The van der Waals surface area contributed by atoms with Gasteiger partial charge in [-0.1, -0.05) is 15.9 Å². The maximum atomic E-state index is 11.9. The van der Waals surface area contributed by atoms with Crippen LogP contribution in [-0.2, 0) is 11.2 Å². The third-order valence-corrected chi connectivity index (χ3v) is 3.93. The highest BCUT2D eigenvalue weighted by atomic mass is 79.9. The standard InChI is InChI=1S/C15H12BrN5O2S/c16-9-1-2-12-11(3-9)8(6-17-12)7-18-21-14(23)5-10-4-13(22)20-15(24)19-10/h1-4,6-7,17H,5H2,(H,21,23)(H2,19,20,22,24)/b18-7+. The van der Waals surface area contributed by atoms with Crippen LogP contribution in [0.1, 0.15) is 11.3 Å². The predicted octanol–water partition coefficient (Wildman–Crippen LogP) is 2.37. The van der Waals surface area contributed by atoms with Crippen molar-refractivity contribution >= 4 is 51.2 Å². The lowest BCUT2D eigenvalue weighted by molar-refractivity contribution is -0.120. The lowest BCUT2D eigenvalue weighted by Crippen LogP contribution is -2.21. The number of rotatable bonds is 4. The van der Waals surface area contributed by atoms with Gasteiger partial charge in [0, 0.05) is 38.9 Å². The Kier molecular flexibility index (Phi) is 4.72. The van der Waals surface area contributed by atoms with Crippen LogP contribution in [0.3, 0.4) is 0 Å². The predicted molar refractivity (Wildman–Crippen MR) is 97.7 cm³/mol. The molecule has 9 heteroatoms. The summed E-state index contributed by atoms with van der Waals surface area (Å²) in [5.41, 5.74) is 4.32. The van der Waals surface area contributed by atoms with Crippen molar-refractivity contribution in [2.45, 2.75) is 6.42 Å². The van der Waals surface area contributed by atoms with Crippen LogP contribution in [0.2, 0.25) is 0 Å². The Morgan fingerprint density at radius 1 is 1.33 bits per heavy atom. The minimum Gasteiger partial charge on any atom is -0.361 e. The molecule has 0 saturated carbocycles. The zero-order valence-electron chi connectivity index (χ0n) is 12.2. The molecule has 2 aromatic heterocycles. The molecule has 0 fully saturated rings. The monoisotopic (exact) mass is 405 g/mol. The molecule has 4 N–H and O–H groups in total. The van der Waals surface area contributed by atoms with Gasteiger partial charge in [0.1, 0.15) is 0 Å². The second-order valence-corrected chi connectivity index (χ2v) is 6.34. The Labute approximate surface area is 149 Å². The van der Waals surface area contributed by atoms with Gasteiger partial charge in [-0.05, 0) is 30.4 Å². The van der Waals surface area contributed by atoms with E-state index >= 15 is 0 Å². The molecule has 0 spiro atoms. The molecule has 0 unspecified atom stereocenters. The highest BCUT2D eigenvalue weighted by Gasteiger charge is 2.05. The number of aromatic amines is 3. The Morgan fingerprint density at radius 2 is 2.17 bits per heavy atom. The summed E-state index contributed by atoms with van der Waals surface area (Å²) < 4.78 is 1.14. The molecule has 0 bridgehead atoms. The van der Waals surface area contributed by atoms with Gasteiger partial charge in [-0.3, -0.25) is 14.6 Å². The Bertz CT molecular complexity index is 1020. The molecule has 3 rings (SSSR count). The normalized spacial score (nSPS) is 11.2. The molecule has 7 nitrogen and oxygen atoms in total. The molecule has 2 heterocycles. The number of fused-ring (bicyclic) bond motifs is 1. The van der Waals surface area contributed by atoms with Crippen LogP contribution in [0.25, 0.3) is 10.9 Å². The average Bonchev–Trinajstić information content (AvgIpc) is 2.88. The fourth-order valence-electron chi connectivity index (χ4n) is 2.22. The molecule has 1 amide bonds. The van der Waals surface area contributed by atoms with E-state index in [1.165, 1.54) is 6.07 Å². The molecule has 0 aliphatic rings. The highest BCUT2D eigenvalue weighted by molar-refractivity contribution is 9.10. The number of H-pyrrole nitrogens is 3. The van der Waals surface area contributed by atoms with Crippen molar-refractivity contribution < 1.29 is 4.79 Å². The minimum atomic E-state index is -0.358. The number of nitrogens with zero attached hydrogens (tertiary/aromatic N) is 1. The third kappa shape index (κ3) is 3.87. The topological polar surface area (TPSA) is 106 Å². The van der Waals surface area contributed by atoms with Gasteiger partial charge in [0.05, 0.1) is 12.6 Å². The lowest BCUT2D eigenvalue weighted by atomic mass is 10.2. The summed E-state index contributed by atoms with van der Waals surface area (Å²) in [6.45, 7) is 0. The van der Waals surface area contributed by atoms with Gasteiger partial charge in [0.2, 0.25) is 5.91 Å². The summed E-state index contributed by atoms with van der Waals surface area (Å²) in [7, 11) is 0. The zero-order chi connectivity index (χ0) is 17.1. The van der Waals surface area contributed by atoms with Gasteiger partial charge in [0.15, 0.2) is 4.77 Å². The molecule has 0 aliphatic heterocycles. The van der Waals surface area contributed by atoms with Crippen LogP contribution < -0.4 is 11.0 Å². The summed E-state index contributed by atoms with van der Waals surface area (Å²) in [6, 6.07) is 7.14. The fraction of sp³-hybridized carbons (Fsp3) is 0.0667. The molecule has 0 saturated heterocycles. The van der Waals surface area contributed by atoms with Gasteiger partial charge >= 0.3 is 0 Å². The summed E-state index contributed by atoms with van der Waals surface area (Å²) in [4.78, 5) is 31.5. The van der Waals surface area contributed by atoms with Gasteiger partial charge < -0.3 is 9.97 Å². The van der Waals surface area contributed by atoms with Gasteiger partial charge in [-0.25, -0.2) is 5.43 Å². The first-order valence-electron chi connectivity index (χ1n) is 6.92. The lowest BCUT2D eigenvalue weighted by Gasteiger charge is -2.00. The SMILES string of the molecule is O=C(Cc1cc(=O)[nH]c(=S)[nH]1)N/N=C/c1c[nH]c2ccc(Br)cc12. The van der Waals surface area contributed by atoms with E-state index in [-0.39, 0.29) is 22.7 Å². The maximum Gasteiger partial charge on any atom is 0.251 e. The first kappa shape index (κ1) is 16.3. The van der Waals surface area contributed by atoms with Crippen LogP contribution in [0, 0.1) is 4.77 Å². The molecular formula is C15H12BrN5O2S. The number of hydrogen-bond donors (Lipinski definition) is 4. The van der Waals surface area contributed by atoms with Crippen molar-refractivity contribution in [2.24, 2.45) is 5.10 Å². The molecule has 24 heavy (non-hydrogen) atoms. The van der Waals surface area contributed by atoms with E-state index < -0.39 is 0 Å². The van der Waals surface area contributed by atoms with Crippen molar-refractivity contribution in [1.82, 2.24) is 20.4 Å². The quantitative estimate of drug-likeness (QED) is 0.304. The molecule has 0 aliphatic carbocycles. The fourth-order valence-corrected chi connectivity index (χ4v) is 2.81. The van der Waals surface area contributed by atoms with E-state index in [1.807, 2.05) is 18.2 Å². The number of aromatic nitrogens is 3. The summed E-state index contributed by atoms with van der Waals surface area (Å²) in [6.07, 6.45) is 3.34. The maximum absolute atomic E-state index is 11.9. The van der Waals surface area contributed by atoms with E-state index in [0.717, 1.165) is 20.9 Å². The van der Waals surface area contributed by atoms with E-state index in [1.54, 1.807) is 12.4 Å². The number of halogens is 1. The summed E-state index contributed by atoms with van der Waals surface area (Å²) >= 11 is 8.28. The number of benzene rings is 1. The van der Waals surface area contributed by atoms with Crippen LogP contribution in [0.4, 0.5) is 0 Å². The van der Waals surface area contributed by atoms with Crippen molar-refractivity contribution in [3.63, 3.8) is 0 Å². The Balaban J connectivity index is 1.69. The Morgan fingerprint density at radius 3 is 2.96 bits per heavy atom. The molecular weight excluding hydrogens is 394 g/mol. The van der Waals surface area contributed by atoms with E-state index in [9.17, 15) is 9.59 Å². The number of amides is 1. The van der Waals surface area contributed by atoms with Gasteiger partial charge in [0.25, 0.3) is 5.56 Å². The number of carbonyl (C=O) groups excluding carboxylic acids is 1. The van der Waals surface area contributed by atoms with Gasteiger partial charge in [-0.15, -0.1) is 0 Å². The summed E-state index contributed by atoms with van der Waals surface area (Å²) in [5, 5.41) is 4.94. The van der Waals surface area contributed by atoms with Crippen molar-refractivity contribution in [1.29, 1.82) is 0 Å². The Hall–Kier alpha value is -2.52. The number of nitrogens with one attached hydrogen (secondary N) is 4. The molecule has 1 aromatic carbocycles. The van der Waals surface area contributed by atoms with E-state index in [0.29, 0.717) is 5.69 Å².